The quantitative estimate of drug-likeness (QED) is 0.384. The Labute approximate surface area is 138 Å². The first-order valence-corrected chi connectivity index (χ1v) is 5.12. The summed E-state index contributed by atoms with van der Waals surface area (Å²) in [4.78, 5) is 0. The molecule has 3 radical (unpaired) electrons. The van der Waals surface area contributed by atoms with Crippen molar-refractivity contribution in [1.29, 1.82) is 0 Å². The van der Waals surface area contributed by atoms with Crippen LogP contribution in [-0.2, 0) is 22.4 Å². The molecular weight excluding hydrogens is 317 g/mol. The van der Waals surface area contributed by atoms with Gasteiger partial charge >= 0.3 is 0 Å². The van der Waals surface area contributed by atoms with Crippen molar-refractivity contribution in [1.82, 2.24) is 0 Å². The van der Waals surface area contributed by atoms with Crippen molar-refractivity contribution in [2.45, 2.75) is 34.6 Å². The Morgan fingerprint density at radius 2 is 0.471 bits per heavy atom. The van der Waals surface area contributed by atoms with Crippen molar-refractivity contribution in [2.75, 3.05) is 33.0 Å². The normalized spacial score (nSPS) is 5.29. The van der Waals surface area contributed by atoms with Crippen LogP contribution in [-0.4, -0.2) is 81.6 Å². The summed E-state index contributed by atoms with van der Waals surface area (Å²) in [6, 6.07) is 0. The van der Waals surface area contributed by atoms with E-state index in [0.717, 1.165) is 0 Å². The van der Waals surface area contributed by atoms with Gasteiger partial charge in [0.05, 0.1) is 0 Å². The maximum atomic E-state index is 7.57. The SMILES string of the molecule is CCO.CCO.CCO.CCO.CCO.[Mg].[Nb]. The number of aliphatic hydroxyl groups excluding tert-OH is 5. The van der Waals surface area contributed by atoms with Gasteiger partial charge in [0.25, 0.3) is 0 Å². The molecule has 107 valence electrons. The van der Waals surface area contributed by atoms with Crippen LogP contribution in [0, 0.1) is 0 Å². The summed E-state index contributed by atoms with van der Waals surface area (Å²) in [7, 11) is 0. The second kappa shape index (κ2) is 116. The molecule has 5 nitrogen and oxygen atoms in total. The molecule has 17 heavy (non-hydrogen) atoms. The van der Waals surface area contributed by atoms with E-state index in [1.165, 1.54) is 0 Å². The molecule has 0 atom stereocenters. The van der Waals surface area contributed by atoms with Gasteiger partial charge in [0.15, 0.2) is 0 Å². The topological polar surface area (TPSA) is 101 Å². The van der Waals surface area contributed by atoms with Crippen LogP contribution in [0.4, 0.5) is 0 Å². The molecule has 0 aliphatic rings. The second-order valence-corrected chi connectivity index (χ2v) is 1.58. The van der Waals surface area contributed by atoms with E-state index in [1.54, 1.807) is 34.6 Å². The minimum atomic E-state index is 0. The van der Waals surface area contributed by atoms with E-state index >= 15 is 0 Å². The molecule has 0 spiro atoms. The van der Waals surface area contributed by atoms with Gasteiger partial charge in [0.1, 0.15) is 0 Å². The van der Waals surface area contributed by atoms with Gasteiger partial charge in [-0.2, -0.15) is 0 Å². The Kier molecular flexibility index (Phi) is 292. The third-order valence-electron chi connectivity index (χ3n) is 0. The largest absolute Gasteiger partial charge is 0.397 e. The molecule has 0 aliphatic carbocycles. The first-order chi connectivity index (χ1) is 7.07. The average Bonchev–Trinajstić information content (AvgIpc) is 2.09. The molecule has 0 saturated carbocycles. The van der Waals surface area contributed by atoms with E-state index in [-0.39, 0.29) is 78.5 Å². The van der Waals surface area contributed by atoms with Gasteiger partial charge in [-0.3, -0.25) is 0 Å². The Bertz CT molecular complexity index is 36.3. The molecule has 0 aromatic rings. The van der Waals surface area contributed by atoms with Crippen LogP contribution in [0.5, 0.6) is 0 Å². The van der Waals surface area contributed by atoms with Crippen molar-refractivity contribution in [3.05, 3.63) is 0 Å². The van der Waals surface area contributed by atoms with Crippen LogP contribution in [0.1, 0.15) is 34.6 Å². The van der Waals surface area contributed by atoms with Gasteiger partial charge in [-0.05, 0) is 34.6 Å². The van der Waals surface area contributed by atoms with Crippen molar-refractivity contribution in [3.63, 3.8) is 0 Å². The molecule has 0 aromatic heterocycles. The molecule has 7 heteroatoms. The van der Waals surface area contributed by atoms with E-state index in [1.807, 2.05) is 0 Å². The fraction of sp³-hybridized carbons (Fsp3) is 1.00. The monoisotopic (exact) mass is 347 g/mol. The van der Waals surface area contributed by atoms with Gasteiger partial charge in [0, 0.05) is 78.5 Å². The van der Waals surface area contributed by atoms with Gasteiger partial charge in [0.2, 0.25) is 0 Å². The number of aliphatic hydroxyl groups is 5. The van der Waals surface area contributed by atoms with Gasteiger partial charge < -0.3 is 25.5 Å². The molecule has 0 aliphatic heterocycles. The molecule has 5 N–H and O–H groups in total. The first-order valence-electron chi connectivity index (χ1n) is 5.12. The summed E-state index contributed by atoms with van der Waals surface area (Å²) in [5.74, 6) is 0. The summed E-state index contributed by atoms with van der Waals surface area (Å²) in [5.41, 5.74) is 0. The zero-order valence-corrected chi connectivity index (χ0v) is 15.5. The van der Waals surface area contributed by atoms with Crippen LogP contribution >= 0.6 is 0 Å². The zero-order valence-electron chi connectivity index (χ0n) is 11.9. The van der Waals surface area contributed by atoms with E-state index in [9.17, 15) is 0 Å². The van der Waals surface area contributed by atoms with Crippen LogP contribution in [0.15, 0.2) is 0 Å². The predicted molar refractivity (Wildman–Crippen MR) is 69.6 cm³/mol. The van der Waals surface area contributed by atoms with E-state index < -0.39 is 0 Å². The van der Waals surface area contributed by atoms with Crippen LogP contribution < -0.4 is 0 Å². The average molecular weight is 348 g/mol. The fourth-order valence-electron chi connectivity index (χ4n) is 0. The first kappa shape index (κ1) is 42.9. The third kappa shape index (κ3) is 2380. The molecule has 0 amide bonds. The molecule has 0 saturated heterocycles. The summed E-state index contributed by atoms with van der Waals surface area (Å²) in [5, 5.41) is 37.8. The second-order valence-electron chi connectivity index (χ2n) is 1.58. The van der Waals surface area contributed by atoms with Crippen molar-refractivity contribution in [3.8, 4) is 0 Å². The van der Waals surface area contributed by atoms with Crippen molar-refractivity contribution < 1.29 is 47.9 Å². The summed E-state index contributed by atoms with van der Waals surface area (Å²) >= 11 is 0. The van der Waals surface area contributed by atoms with Gasteiger partial charge in [-0.1, -0.05) is 0 Å². The maximum absolute atomic E-state index is 7.57. The molecular formula is C10H30MgNbO5. The Morgan fingerprint density at radius 1 is 0.471 bits per heavy atom. The third-order valence-corrected chi connectivity index (χ3v) is 0. The van der Waals surface area contributed by atoms with E-state index in [2.05, 4.69) is 0 Å². The zero-order chi connectivity index (χ0) is 13.5. The minimum absolute atomic E-state index is 0. The molecule has 0 unspecified atom stereocenters. The van der Waals surface area contributed by atoms with Crippen LogP contribution in [0.2, 0.25) is 0 Å². The van der Waals surface area contributed by atoms with Crippen LogP contribution in [0.25, 0.3) is 0 Å². The smallest absolute Gasteiger partial charge is 0.0402 e. The van der Waals surface area contributed by atoms with Crippen molar-refractivity contribution >= 4 is 23.1 Å². The van der Waals surface area contributed by atoms with E-state index in [4.69, 9.17) is 25.5 Å². The number of hydrogen-bond donors (Lipinski definition) is 5. The number of hydrogen-bond acceptors (Lipinski definition) is 5. The van der Waals surface area contributed by atoms with Crippen molar-refractivity contribution in [2.24, 2.45) is 0 Å². The van der Waals surface area contributed by atoms with Gasteiger partial charge in [-0.15, -0.1) is 0 Å². The predicted octanol–water partition coefficient (Wildman–Crippen LogP) is -0.390. The summed E-state index contributed by atoms with van der Waals surface area (Å²) < 4.78 is 0. The Hall–Kier alpha value is 1.31. The Morgan fingerprint density at radius 3 is 0.471 bits per heavy atom. The number of rotatable bonds is 0. The molecule has 0 aromatic carbocycles. The summed E-state index contributed by atoms with van der Waals surface area (Å²) in [6.07, 6.45) is 0. The standard InChI is InChI=1S/5C2H6O.Mg.Nb/c5*1-2-3;;/h5*3H,2H2,1H3;;. The Balaban J connectivity index is -0.0000000143. The molecule has 0 bridgehead atoms. The molecule has 0 fully saturated rings. The molecule has 0 rings (SSSR count). The molecule has 0 heterocycles. The minimum Gasteiger partial charge on any atom is -0.397 e. The summed E-state index contributed by atoms with van der Waals surface area (Å²) in [6.45, 7) is 9.65. The van der Waals surface area contributed by atoms with Gasteiger partial charge in [-0.25, -0.2) is 0 Å². The van der Waals surface area contributed by atoms with Crippen LogP contribution in [0.3, 0.4) is 0 Å². The fourth-order valence-corrected chi connectivity index (χ4v) is 0. The van der Waals surface area contributed by atoms with E-state index in [0.29, 0.717) is 0 Å². The maximum Gasteiger partial charge on any atom is 0.0402 e.